The molecule has 1 heterocycles. The summed E-state index contributed by atoms with van der Waals surface area (Å²) in [6, 6.07) is 0. The smallest absolute Gasteiger partial charge is 0.231 e. The number of anilines is 3. The molecule has 1 aromatic heterocycles. The Kier molecular flexibility index (Phi) is 11.8. The molecule has 1 N–H and O–H groups in total. The Bertz CT molecular complexity index is 525. The topological polar surface area (TPSA) is 75.1 Å². The third-order valence-corrected chi connectivity index (χ3v) is 5.35. The fourth-order valence-electron chi connectivity index (χ4n) is 2.97. The van der Waals surface area contributed by atoms with E-state index in [0.29, 0.717) is 24.4 Å². The third-order valence-electron chi connectivity index (χ3n) is 5.35. The zero-order valence-corrected chi connectivity index (χ0v) is 19.6. The molecule has 1 rings (SSSR count). The summed E-state index contributed by atoms with van der Waals surface area (Å²) in [5.74, 6) is 1.91. The molecule has 9 heteroatoms. The Hall–Kier alpha value is -1.71. The first-order valence-electron chi connectivity index (χ1n) is 10.8. The number of hydrogen-bond donors (Lipinski definition) is 1. The van der Waals surface area contributed by atoms with E-state index in [9.17, 15) is 5.11 Å². The van der Waals surface area contributed by atoms with Crippen LogP contribution in [0.25, 0.3) is 0 Å². The second kappa shape index (κ2) is 13.5. The molecule has 0 aromatic carbocycles. The minimum Gasteiger partial charge on any atom is -0.395 e. The van der Waals surface area contributed by atoms with Gasteiger partial charge in [0.05, 0.1) is 6.61 Å². The maximum atomic E-state index is 9.31. The van der Waals surface area contributed by atoms with Gasteiger partial charge in [-0.1, -0.05) is 27.7 Å². The average Bonchev–Trinajstić information content (AvgIpc) is 2.74. The van der Waals surface area contributed by atoms with Crippen LogP contribution >= 0.6 is 0 Å². The maximum absolute atomic E-state index is 9.31. The van der Waals surface area contributed by atoms with Crippen LogP contribution in [0.2, 0.25) is 0 Å². The minimum absolute atomic E-state index is 0.0580. The average molecular weight is 411 g/mol. The number of aromatic nitrogens is 3. The summed E-state index contributed by atoms with van der Waals surface area (Å²) in [4.78, 5) is 24.8. The fraction of sp³-hybridized carbons (Fsp3) is 0.850. The van der Waals surface area contributed by atoms with Crippen molar-refractivity contribution < 1.29 is 5.11 Å². The Balaban J connectivity index is 3.02. The first kappa shape index (κ1) is 25.3. The van der Waals surface area contributed by atoms with Crippen molar-refractivity contribution in [3.63, 3.8) is 0 Å². The molecule has 0 spiro atoms. The van der Waals surface area contributed by atoms with Crippen LogP contribution in [-0.4, -0.2) is 117 Å². The quantitative estimate of drug-likeness (QED) is 0.453. The van der Waals surface area contributed by atoms with Crippen LogP contribution in [0.15, 0.2) is 0 Å². The van der Waals surface area contributed by atoms with E-state index in [1.54, 1.807) is 0 Å². The lowest BCUT2D eigenvalue weighted by Gasteiger charge is -2.27. The third kappa shape index (κ3) is 8.28. The molecule has 168 valence electrons. The Labute approximate surface area is 177 Å². The summed E-state index contributed by atoms with van der Waals surface area (Å²) in [6.45, 7) is 17.0. The molecule has 1 aromatic rings. The molecule has 0 aliphatic heterocycles. The molecular weight excluding hydrogens is 368 g/mol. The summed E-state index contributed by atoms with van der Waals surface area (Å²) in [5, 5.41) is 9.31. The highest BCUT2D eigenvalue weighted by atomic mass is 16.3. The maximum Gasteiger partial charge on any atom is 0.231 e. The van der Waals surface area contributed by atoms with Gasteiger partial charge in [-0.25, -0.2) is 0 Å². The molecule has 0 amide bonds. The SMILES string of the molecule is CCN(CC)CCN(C)c1nc(N(C)CCO)nc(N(C)CCN(CC)CC)n1. The van der Waals surface area contributed by atoms with Gasteiger partial charge in [0.1, 0.15) is 0 Å². The number of hydrogen-bond acceptors (Lipinski definition) is 9. The van der Waals surface area contributed by atoms with Crippen LogP contribution in [0.4, 0.5) is 17.8 Å². The van der Waals surface area contributed by atoms with Crippen molar-refractivity contribution >= 4 is 17.8 Å². The van der Waals surface area contributed by atoms with Gasteiger partial charge < -0.3 is 29.6 Å². The highest BCUT2D eigenvalue weighted by Crippen LogP contribution is 2.17. The number of rotatable bonds is 15. The highest BCUT2D eigenvalue weighted by Gasteiger charge is 2.16. The molecule has 0 saturated carbocycles. The number of aliphatic hydroxyl groups excluding tert-OH is 1. The zero-order valence-electron chi connectivity index (χ0n) is 19.6. The van der Waals surface area contributed by atoms with Crippen LogP contribution in [0.1, 0.15) is 27.7 Å². The number of aliphatic hydroxyl groups is 1. The van der Waals surface area contributed by atoms with Gasteiger partial charge >= 0.3 is 0 Å². The lowest BCUT2D eigenvalue weighted by Crippen LogP contribution is -2.36. The predicted octanol–water partition coefficient (Wildman–Crippen LogP) is 0.856. The lowest BCUT2D eigenvalue weighted by molar-refractivity contribution is 0.303. The van der Waals surface area contributed by atoms with Gasteiger partial charge in [-0.3, -0.25) is 0 Å². The minimum atomic E-state index is 0.0580. The van der Waals surface area contributed by atoms with Gasteiger partial charge in [0.2, 0.25) is 17.8 Å². The molecule has 0 aliphatic carbocycles. The molecule has 0 atom stereocenters. The summed E-state index contributed by atoms with van der Waals surface area (Å²) in [7, 11) is 5.94. The van der Waals surface area contributed by atoms with E-state index in [4.69, 9.17) is 4.98 Å². The van der Waals surface area contributed by atoms with Gasteiger partial charge in [0, 0.05) is 53.9 Å². The van der Waals surface area contributed by atoms with Gasteiger partial charge in [-0.2, -0.15) is 15.0 Å². The molecule has 0 aliphatic rings. The molecule has 0 bridgehead atoms. The molecule has 9 nitrogen and oxygen atoms in total. The summed E-state index contributed by atoms with van der Waals surface area (Å²) >= 11 is 0. The summed E-state index contributed by atoms with van der Waals surface area (Å²) in [5.41, 5.74) is 0. The second-order valence-electron chi connectivity index (χ2n) is 7.28. The Morgan fingerprint density at radius 3 is 1.14 bits per heavy atom. The molecule has 0 saturated heterocycles. The van der Waals surface area contributed by atoms with Crippen LogP contribution in [-0.2, 0) is 0 Å². The van der Waals surface area contributed by atoms with E-state index < -0.39 is 0 Å². The lowest BCUT2D eigenvalue weighted by atomic mass is 10.4. The van der Waals surface area contributed by atoms with Gasteiger partial charge in [-0.05, 0) is 26.2 Å². The van der Waals surface area contributed by atoms with Crippen molar-refractivity contribution in [2.24, 2.45) is 0 Å². The van der Waals surface area contributed by atoms with Gasteiger partial charge in [0.15, 0.2) is 0 Å². The summed E-state index contributed by atoms with van der Waals surface area (Å²) < 4.78 is 0. The van der Waals surface area contributed by atoms with E-state index in [0.717, 1.165) is 52.4 Å². The summed E-state index contributed by atoms with van der Waals surface area (Å²) in [6.07, 6.45) is 0. The molecule has 29 heavy (non-hydrogen) atoms. The Morgan fingerprint density at radius 1 is 0.552 bits per heavy atom. The van der Waals surface area contributed by atoms with Crippen LogP contribution < -0.4 is 14.7 Å². The first-order valence-corrected chi connectivity index (χ1v) is 10.8. The largest absolute Gasteiger partial charge is 0.395 e. The van der Waals surface area contributed by atoms with Crippen molar-refractivity contribution in [1.82, 2.24) is 24.8 Å². The Morgan fingerprint density at radius 2 is 0.862 bits per heavy atom. The molecular formula is C20H42N8O. The van der Waals surface area contributed by atoms with E-state index in [-0.39, 0.29) is 6.61 Å². The standard InChI is InChI=1S/C20H42N8O/c1-8-27(9-2)14-12-24(5)18-21-19(23-20(22-18)26(7)16-17-29)25(6)13-15-28(10-3)11-4/h29H,8-17H2,1-7H3. The van der Waals surface area contributed by atoms with E-state index in [1.807, 2.05) is 26.0 Å². The van der Waals surface area contributed by atoms with Crippen molar-refractivity contribution in [2.75, 3.05) is 101 Å². The molecule has 0 unspecified atom stereocenters. The highest BCUT2D eigenvalue weighted by molar-refractivity contribution is 5.45. The van der Waals surface area contributed by atoms with Crippen LogP contribution in [0.3, 0.4) is 0 Å². The van der Waals surface area contributed by atoms with E-state index >= 15 is 0 Å². The van der Waals surface area contributed by atoms with E-state index in [1.165, 1.54) is 0 Å². The fourth-order valence-corrected chi connectivity index (χ4v) is 2.97. The van der Waals surface area contributed by atoms with Gasteiger partial charge in [0.25, 0.3) is 0 Å². The first-order chi connectivity index (χ1) is 13.9. The van der Waals surface area contributed by atoms with Crippen LogP contribution in [0, 0.1) is 0 Å². The molecule has 0 radical (unpaired) electrons. The van der Waals surface area contributed by atoms with Crippen LogP contribution in [0.5, 0.6) is 0 Å². The van der Waals surface area contributed by atoms with Gasteiger partial charge in [-0.15, -0.1) is 0 Å². The van der Waals surface area contributed by atoms with Crippen molar-refractivity contribution in [3.05, 3.63) is 0 Å². The van der Waals surface area contributed by atoms with Crippen molar-refractivity contribution in [3.8, 4) is 0 Å². The normalized spacial score (nSPS) is 11.4. The van der Waals surface area contributed by atoms with E-state index in [2.05, 4.69) is 57.3 Å². The van der Waals surface area contributed by atoms with Crippen molar-refractivity contribution in [2.45, 2.75) is 27.7 Å². The monoisotopic (exact) mass is 410 g/mol. The number of likely N-dealkylation sites (N-methyl/N-ethyl adjacent to an activating group) is 5. The zero-order chi connectivity index (χ0) is 21.8. The van der Waals surface area contributed by atoms with Crippen molar-refractivity contribution in [1.29, 1.82) is 0 Å². The second-order valence-corrected chi connectivity index (χ2v) is 7.28. The predicted molar refractivity (Wildman–Crippen MR) is 122 cm³/mol. The number of nitrogens with zero attached hydrogens (tertiary/aromatic N) is 8. The molecule has 0 fully saturated rings.